The topological polar surface area (TPSA) is 64.5 Å². The molecule has 0 bridgehead atoms. The fourth-order valence-corrected chi connectivity index (χ4v) is 2.65. The van der Waals surface area contributed by atoms with Crippen LogP contribution in [0.4, 0.5) is 0 Å². The van der Waals surface area contributed by atoms with E-state index in [4.69, 9.17) is 4.98 Å². The van der Waals surface area contributed by atoms with E-state index in [1.807, 2.05) is 36.4 Å². The Kier molecular flexibility index (Phi) is 2.96. The summed E-state index contributed by atoms with van der Waals surface area (Å²) in [6, 6.07) is 16.3. The van der Waals surface area contributed by atoms with Gasteiger partial charge in [-0.1, -0.05) is 36.4 Å². The van der Waals surface area contributed by atoms with Gasteiger partial charge < -0.3 is 0 Å². The van der Waals surface area contributed by atoms with E-state index in [2.05, 4.69) is 32.5 Å². The largest absolute Gasteiger partial charge is 0.248 e. The maximum Gasteiger partial charge on any atom is 0.177 e. The molecule has 2 aromatic carbocycles. The third-order valence-corrected chi connectivity index (χ3v) is 3.65. The molecule has 0 radical (unpaired) electrons. The molecule has 0 unspecified atom stereocenters. The van der Waals surface area contributed by atoms with Crippen molar-refractivity contribution in [1.82, 2.24) is 25.4 Å². The smallest absolute Gasteiger partial charge is 0.177 e. The third-order valence-electron chi connectivity index (χ3n) is 3.65. The number of nitrogens with zero attached hydrogens (tertiary/aromatic N) is 5. The minimum absolute atomic E-state index is 0.577. The maximum absolute atomic E-state index is 4.72. The highest BCUT2D eigenvalue weighted by atomic mass is 15.3. The van der Waals surface area contributed by atoms with Crippen molar-refractivity contribution in [1.29, 1.82) is 0 Å². The summed E-state index contributed by atoms with van der Waals surface area (Å²) in [6.07, 6.45) is 0.587. The predicted octanol–water partition coefficient (Wildman–Crippen LogP) is 2.87. The van der Waals surface area contributed by atoms with E-state index in [1.165, 1.54) is 0 Å². The molecule has 22 heavy (non-hydrogen) atoms. The summed E-state index contributed by atoms with van der Waals surface area (Å²) in [7, 11) is 0. The first-order valence-corrected chi connectivity index (χ1v) is 7.10. The molecule has 0 saturated carbocycles. The van der Waals surface area contributed by atoms with Gasteiger partial charge in [0.15, 0.2) is 11.6 Å². The Morgan fingerprint density at radius 1 is 0.727 bits per heavy atom. The van der Waals surface area contributed by atoms with Gasteiger partial charge in [0.25, 0.3) is 0 Å². The quantitative estimate of drug-likeness (QED) is 0.530. The van der Waals surface area contributed by atoms with Crippen molar-refractivity contribution in [2.75, 3.05) is 0 Å². The Hall–Kier alpha value is -2.95. The van der Waals surface area contributed by atoms with Crippen molar-refractivity contribution in [2.45, 2.75) is 13.3 Å². The zero-order chi connectivity index (χ0) is 14.9. The molecule has 5 nitrogen and oxygen atoms in total. The van der Waals surface area contributed by atoms with E-state index in [0.717, 1.165) is 27.4 Å². The Morgan fingerprint density at radius 3 is 1.86 bits per heavy atom. The highest BCUT2D eigenvalue weighted by Crippen LogP contribution is 2.27. The van der Waals surface area contributed by atoms with Crippen molar-refractivity contribution in [3.63, 3.8) is 0 Å². The summed E-state index contributed by atoms with van der Waals surface area (Å²) < 4.78 is 0. The summed E-state index contributed by atoms with van der Waals surface area (Å²) >= 11 is 0. The molecule has 0 fully saturated rings. The van der Waals surface area contributed by atoms with Gasteiger partial charge in [0.05, 0.1) is 11.0 Å². The van der Waals surface area contributed by atoms with E-state index in [1.54, 1.807) is 6.92 Å². The molecule has 0 spiro atoms. The number of aromatic nitrogens is 5. The Morgan fingerprint density at radius 2 is 1.27 bits per heavy atom. The highest BCUT2D eigenvalue weighted by Gasteiger charge is 2.11. The molecule has 0 saturated heterocycles. The van der Waals surface area contributed by atoms with E-state index in [-0.39, 0.29) is 0 Å². The van der Waals surface area contributed by atoms with Crippen LogP contribution >= 0.6 is 0 Å². The summed E-state index contributed by atoms with van der Waals surface area (Å²) in [5.74, 6) is 1.19. The summed E-state index contributed by atoms with van der Waals surface area (Å²) in [6.45, 7) is 1.78. The summed E-state index contributed by atoms with van der Waals surface area (Å²) in [5, 5.41) is 18.5. The molecule has 5 heteroatoms. The van der Waals surface area contributed by atoms with Crippen LogP contribution in [0.3, 0.4) is 0 Å². The van der Waals surface area contributed by atoms with Crippen LogP contribution in [0.2, 0.25) is 0 Å². The van der Waals surface area contributed by atoms with Crippen LogP contribution in [-0.4, -0.2) is 25.4 Å². The molecule has 2 heterocycles. The second-order valence-electron chi connectivity index (χ2n) is 5.16. The number of hydrogen-bond acceptors (Lipinski definition) is 5. The highest BCUT2D eigenvalue weighted by molar-refractivity contribution is 5.97. The molecule has 0 aliphatic rings. The van der Waals surface area contributed by atoms with Crippen molar-refractivity contribution >= 4 is 21.8 Å². The number of hydrogen-bond donors (Lipinski definition) is 0. The van der Waals surface area contributed by atoms with Crippen LogP contribution in [-0.2, 0) is 6.42 Å². The minimum atomic E-state index is 0.577. The number of para-hydroxylation sites is 2. The lowest BCUT2D eigenvalue weighted by Crippen LogP contribution is -2.04. The normalized spacial score (nSPS) is 11.1. The standard InChI is InChI=1S/C17H13N5/c1-11-19-21-17(22-20-11)10-14-12-6-2-4-8-15(12)18-16-9-5-3-7-13(14)16/h2-9H,10H2,1H3. The number of aryl methyl sites for hydroxylation is 1. The van der Waals surface area contributed by atoms with Crippen molar-refractivity contribution in [3.05, 3.63) is 65.7 Å². The van der Waals surface area contributed by atoms with Gasteiger partial charge in [-0.25, -0.2) is 4.98 Å². The first-order valence-electron chi connectivity index (χ1n) is 7.10. The molecular formula is C17H13N5. The zero-order valence-corrected chi connectivity index (χ0v) is 12.1. The molecule has 0 amide bonds. The number of pyridine rings is 1. The zero-order valence-electron chi connectivity index (χ0n) is 12.1. The van der Waals surface area contributed by atoms with Gasteiger partial charge >= 0.3 is 0 Å². The predicted molar refractivity (Wildman–Crippen MR) is 84.4 cm³/mol. The van der Waals surface area contributed by atoms with Crippen LogP contribution < -0.4 is 0 Å². The van der Waals surface area contributed by atoms with E-state index in [0.29, 0.717) is 18.1 Å². The molecule has 0 aliphatic heterocycles. The third kappa shape index (κ3) is 2.16. The Balaban J connectivity index is 1.97. The molecular weight excluding hydrogens is 274 g/mol. The summed E-state index contributed by atoms with van der Waals surface area (Å²) in [5.41, 5.74) is 3.11. The monoisotopic (exact) mass is 287 g/mol. The lowest BCUT2D eigenvalue weighted by molar-refractivity contribution is 0.747. The summed E-state index contributed by atoms with van der Waals surface area (Å²) in [4.78, 5) is 4.72. The SMILES string of the molecule is Cc1nnc(Cc2c3ccccc3nc3ccccc23)nn1. The number of benzene rings is 2. The van der Waals surface area contributed by atoms with Crippen molar-refractivity contribution in [3.8, 4) is 0 Å². The average molecular weight is 287 g/mol. The van der Waals surface area contributed by atoms with Gasteiger partial charge in [-0.15, -0.1) is 20.4 Å². The van der Waals surface area contributed by atoms with Gasteiger partial charge in [0.2, 0.25) is 0 Å². The van der Waals surface area contributed by atoms with Gasteiger partial charge in [-0.2, -0.15) is 0 Å². The molecule has 0 aliphatic carbocycles. The van der Waals surface area contributed by atoms with Crippen LogP contribution in [0.15, 0.2) is 48.5 Å². The molecule has 106 valence electrons. The second kappa shape index (κ2) is 5.11. The molecule has 4 aromatic rings. The fraction of sp³-hybridized carbons (Fsp3) is 0.118. The van der Waals surface area contributed by atoms with Gasteiger partial charge in [-0.3, -0.25) is 0 Å². The minimum Gasteiger partial charge on any atom is -0.248 e. The van der Waals surface area contributed by atoms with E-state index in [9.17, 15) is 0 Å². The fourth-order valence-electron chi connectivity index (χ4n) is 2.65. The molecule has 2 aromatic heterocycles. The molecule has 4 rings (SSSR count). The lowest BCUT2D eigenvalue weighted by Gasteiger charge is -2.09. The Labute approximate surface area is 127 Å². The first-order chi connectivity index (χ1) is 10.8. The van der Waals surface area contributed by atoms with E-state index < -0.39 is 0 Å². The number of rotatable bonds is 2. The molecule has 0 atom stereocenters. The van der Waals surface area contributed by atoms with Gasteiger partial charge in [0.1, 0.15) is 0 Å². The molecule has 0 N–H and O–H groups in total. The van der Waals surface area contributed by atoms with Crippen LogP contribution in [0.1, 0.15) is 17.2 Å². The number of fused-ring (bicyclic) bond motifs is 2. The van der Waals surface area contributed by atoms with Crippen LogP contribution in [0, 0.1) is 6.92 Å². The average Bonchev–Trinajstić information content (AvgIpc) is 2.56. The van der Waals surface area contributed by atoms with Gasteiger partial charge in [0, 0.05) is 17.2 Å². The van der Waals surface area contributed by atoms with Crippen LogP contribution in [0.5, 0.6) is 0 Å². The van der Waals surface area contributed by atoms with Crippen molar-refractivity contribution < 1.29 is 0 Å². The van der Waals surface area contributed by atoms with Gasteiger partial charge in [-0.05, 0) is 24.6 Å². The van der Waals surface area contributed by atoms with Crippen LogP contribution in [0.25, 0.3) is 21.8 Å². The van der Waals surface area contributed by atoms with E-state index >= 15 is 0 Å². The first kappa shape index (κ1) is 12.8. The lowest BCUT2D eigenvalue weighted by atomic mass is 10.00. The maximum atomic E-state index is 4.72. The van der Waals surface area contributed by atoms with Crippen molar-refractivity contribution in [2.24, 2.45) is 0 Å². The second-order valence-corrected chi connectivity index (χ2v) is 5.16. The Bertz CT molecular complexity index is 909.